The number of halogens is 2. The number of nitrogens with one attached hydrogen (secondary N) is 1. The molecule has 0 aromatic carbocycles. The Hall–Kier alpha value is 0.540. The maximum atomic E-state index is 5.38. The Morgan fingerprint density at radius 3 is 1.35 bits per heavy atom. The summed E-state index contributed by atoms with van der Waals surface area (Å²) in [5, 5.41) is 0. The van der Waals surface area contributed by atoms with Crippen LogP contribution in [0.4, 0.5) is 0 Å². The normalized spacial score (nSPS) is 10.2. The smallest absolute Gasteiger partial charge is 0.0108 e. The summed E-state index contributed by atoms with van der Waals surface area (Å²) in [5.41, 5.74) is 0. The van der Waals surface area contributed by atoms with Crippen LogP contribution >= 0.6 is 24.2 Å². The molecule has 0 aliphatic carbocycles. The van der Waals surface area contributed by atoms with E-state index in [1.54, 1.807) is 0 Å². The van der Waals surface area contributed by atoms with E-state index < -0.39 is 0 Å². The Bertz CT molecular complexity index is 107. The average molecular weight is 284 g/mol. The zero-order valence-electron chi connectivity index (χ0n) is 11.5. The van der Waals surface area contributed by atoms with Crippen LogP contribution in [0.2, 0.25) is 0 Å². The minimum atomic E-state index is 0. The van der Waals surface area contributed by atoms with E-state index in [1.807, 2.05) is 0 Å². The Morgan fingerprint density at radius 1 is 0.647 bits per heavy atom. The van der Waals surface area contributed by atoms with Crippen molar-refractivity contribution in [2.75, 3.05) is 6.54 Å². The Balaban J connectivity index is 0. The van der Waals surface area contributed by atoms with Crippen molar-refractivity contribution >= 4 is 24.2 Å². The third-order valence-electron chi connectivity index (χ3n) is 3.12. The predicted molar refractivity (Wildman–Crippen MR) is 82.2 cm³/mol. The molecule has 0 amide bonds. The van der Waals surface area contributed by atoms with Crippen LogP contribution in [0.15, 0.2) is 0 Å². The molecule has 0 aromatic heterocycles. The minimum absolute atomic E-state index is 0. The van der Waals surface area contributed by atoms with Crippen LogP contribution in [0.25, 0.3) is 0 Å². The van der Waals surface area contributed by atoms with Crippen molar-refractivity contribution in [3.05, 3.63) is 0 Å². The Labute approximate surface area is 120 Å². The van der Waals surface area contributed by atoms with Gasteiger partial charge in [0.05, 0.1) is 0 Å². The molecule has 0 aliphatic rings. The maximum absolute atomic E-state index is 5.38. The van der Waals surface area contributed by atoms with E-state index >= 15 is 0 Å². The van der Waals surface area contributed by atoms with Gasteiger partial charge in [0.15, 0.2) is 0 Å². The molecule has 1 N–H and O–H groups in total. The second-order valence-corrected chi connectivity index (χ2v) is 5.04. The molecular weight excluding hydrogens is 253 g/mol. The highest BCUT2D eigenvalue weighted by Crippen LogP contribution is 2.11. The average Bonchev–Trinajstić information content (AvgIpc) is 2.31. The molecule has 0 saturated heterocycles. The third-order valence-corrected chi connectivity index (χ3v) is 3.31. The summed E-state index contributed by atoms with van der Waals surface area (Å²) in [6.45, 7) is 3.23. The van der Waals surface area contributed by atoms with E-state index in [0.29, 0.717) is 0 Å². The highest BCUT2D eigenvalue weighted by Gasteiger charge is 1.92. The fourth-order valence-electron chi connectivity index (χ4n) is 2.03. The molecule has 1 nitrogen and oxygen atoms in total. The van der Waals surface area contributed by atoms with Gasteiger partial charge in [0.2, 0.25) is 0 Å². The SMILES string of the molecule is CCCCCCCCCCCCCCNCl.Cl. The topological polar surface area (TPSA) is 12.0 Å². The summed E-state index contributed by atoms with van der Waals surface area (Å²) >= 11 is 5.38. The molecule has 106 valence electrons. The molecule has 0 bridgehead atoms. The van der Waals surface area contributed by atoms with Gasteiger partial charge in [0.25, 0.3) is 0 Å². The van der Waals surface area contributed by atoms with Crippen LogP contribution in [-0.2, 0) is 0 Å². The molecule has 0 atom stereocenters. The first-order chi connectivity index (χ1) is 7.91. The number of hydrogen-bond donors (Lipinski definition) is 1. The minimum Gasteiger partial charge on any atom is -0.234 e. The van der Waals surface area contributed by atoms with Crippen LogP contribution in [0.1, 0.15) is 84.0 Å². The maximum Gasteiger partial charge on any atom is 0.0108 e. The molecule has 3 heteroatoms. The highest BCUT2D eigenvalue weighted by atomic mass is 35.5. The van der Waals surface area contributed by atoms with Crippen molar-refractivity contribution in [1.29, 1.82) is 0 Å². The van der Waals surface area contributed by atoms with Crippen molar-refractivity contribution in [1.82, 2.24) is 4.84 Å². The fraction of sp³-hybridized carbons (Fsp3) is 1.00. The van der Waals surface area contributed by atoms with Crippen molar-refractivity contribution in [3.63, 3.8) is 0 Å². The summed E-state index contributed by atoms with van der Waals surface area (Å²) in [5.74, 6) is 0. The predicted octanol–water partition coefficient (Wildman–Crippen LogP) is 5.85. The fourth-order valence-corrected chi connectivity index (χ4v) is 2.17. The van der Waals surface area contributed by atoms with Gasteiger partial charge in [0, 0.05) is 6.54 Å². The van der Waals surface area contributed by atoms with Crippen molar-refractivity contribution in [2.24, 2.45) is 0 Å². The number of rotatable bonds is 13. The summed E-state index contributed by atoms with van der Waals surface area (Å²) in [7, 11) is 0. The highest BCUT2D eigenvalue weighted by molar-refractivity contribution is 6.13. The number of hydrogen-bond acceptors (Lipinski definition) is 1. The molecule has 0 saturated carbocycles. The van der Waals surface area contributed by atoms with Gasteiger partial charge in [-0.15, -0.1) is 12.4 Å². The summed E-state index contributed by atoms with van der Waals surface area (Å²) in [6.07, 6.45) is 16.8. The van der Waals surface area contributed by atoms with Gasteiger partial charge in [-0.1, -0.05) is 77.6 Å². The Morgan fingerprint density at radius 2 is 1.00 bits per heavy atom. The van der Waals surface area contributed by atoms with E-state index in [4.69, 9.17) is 11.8 Å². The molecule has 0 unspecified atom stereocenters. The molecule has 0 spiro atoms. The van der Waals surface area contributed by atoms with E-state index in [-0.39, 0.29) is 12.4 Å². The van der Waals surface area contributed by atoms with Crippen LogP contribution in [0.5, 0.6) is 0 Å². The quantitative estimate of drug-likeness (QED) is 0.330. The first kappa shape index (κ1) is 19.9. The van der Waals surface area contributed by atoms with Gasteiger partial charge in [0.1, 0.15) is 0 Å². The van der Waals surface area contributed by atoms with E-state index in [0.717, 1.165) is 6.54 Å². The lowest BCUT2D eigenvalue weighted by Gasteiger charge is -2.02. The summed E-state index contributed by atoms with van der Waals surface area (Å²) in [6, 6.07) is 0. The molecule has 0 radical (unpaired) electrons. The zero-order valence-corrected chi connectivity index (χ0v) is 13.1. The largest absolute Gasteiger partial charge is 0.234 e. The lowest BCUT2D eigenvalue weighted by Crippen LogP contribution is -1.99. The first-order valence-corrected chi connectivity index (χ1v) is 7.63. The van der Waals surface area contributed by atoms with Crippen LogP contribution in [-0.4, -0.2) is 6.54 Å². The second-order valence-electron chi connectivity index (χ2n) is 4.77. The standard InChI is InChI=1S/C14H30ClN.ClH/c1-2-3-4-5-6-7-8-9-10-11-12-13-14-16-15;/h16H,2-14H2,1H3;1H. The molecular formula is C14H31Cl2N. The molecule has 17 heavy (non-hydrogen) atoms. The van der Waals surface area contributed by atoms with E-state index in [1.165, 1.54) is 77.0 Å². The Kier molecular flexibility index (Phi) is 22.1. The van der Waals surface area contributed by atoms with Crippen LogP contribution in [0.3, 0.4) is 0 Å². The lowest BCUT2D eigenvalue weighted by molar-refractivity contribution is 0.544. The first-order valence-electron chi connectivity index (χ1n) is 7.25. The van der Waals surface area contributed by atoms with Crippen molar-refractivity contribution in [3.8, 4) is 0 Å². The van der Waals surface area contributed by atoms with Gasteiger partial charge in [-0.2, -0.15) is 0 Å². The van der Waals surface area contributed by atoms with Gasteiger partial charge in [-0.3, -0.25) is 0 Å². The van der Waals surface area contributed by atoms with Crippen LogP contribution < -0.4 is 4.84 Å². The number of unbranched alkanes of at least 4 members (excludes halogenated alkanes) is 11. The molecule has 0 aliphatic heterocycles. The monoisotopic (exact) mass is 283 g/mol. The van der Waals surface area contributed by atoms with Gasteiger partial charge < -0.3 is 0 Å². The third kappa shape index (κ3) is 19.1. The lowest BCUT2D eigenvalue weighted by atomic mass is 10.1. The van der Waals surface area contributed by atoms with Crippen LogP contribution in [0, 0.1) is 0 Å². The molecule has 0 heterocycles. The molecule has 0 fully saturated rings. The van der Waals surface area contributed by atoms with Gasteiger partial charge in [-0.25, -0.2) is 4.84 Å². The van der Waals surface area contributed by atoms with Crippen molar-refractivity contribution in [2.45, 2.75) is 84.0 Å². The van der Waals surface area contributed by atoms with Crippen molar-refractivity contribution < 1.29 is 0 Å². The summed E-state index contributed by atoms with van der Waals surface area (Å²) in [4.78, 5) is 2.68. The van der Waals surface area contributed by atoms with E-state index in [2.05, 4.69) is 11.8 Å². The molecule has 0 aromatic rings. The van der Waals surface area contributed by atoms with Gasteiger partial charge >= 0.3 is 0 Å². The molecule has 0 rings (SSSR count). The van der Waals surface area contributed by atoms with Gasteiger partial charge in [-0.05, 0) is 18.2 Å². The van der Waals surface area contributed by atoms with E-state index in [9.17, 15) is 0 Å². The summed E-state index contributed by atoms with van der Waals surface area (Å²) < 4.78 is 0. The zero-order chi connectivity index (χ0) is 11.9. The second kappa shape index (κ2) is 18.9.